The highest BCUT2D eigenvalue weighted by molar-refractivity contribution is 6.31. The van der Waals surface area contributed by atoms with E-state index in [9.17, 15) is 13.2 Å². The van der Waals surface area contributed by atoms with Crippen LogP contribution in [0, 0.1) is 17.5 Å². The second-order valence-corrected chi connectivity index (χ2v) is 5.15. The van der Waals surface area contributed by atoms with Crippen LogP contribution in [0.4, 0.5) is 36.3 Å². The highest BCUT2D eigenvalue weighted by Gasteiger charge is 2.10. The number of halogens is 4. The number of hydrogen-bond donors (Lipinski definition) is 2. The lowest BCUT2D eigenvalue weighted by atomic mass is 10.3. The van der Waals surface area contributed by atoms with Gasteiger partial charge >= 0.3 is 0 Å². The molecule has 1 aromatic heterocycles. The van der Waals surface area contributed by atoms with Crippen molar-refractivity contribution in [3.05, 3.63) is 71.1 Å². The molecule has 2 N–H and O–H groups in total. The van der Waals surface area contributed by atoms with Crippen LogP contribution in [0.3, 0.4) is 0 Å². The van der Waals surface area contributed by atoms with Crippen molar-refractivity contribution >= 4 is 34.7 Å². The molecule has 4 nitrogen and oxygen atoms in total. The Kier molecular flexibility index (Phi) is 4.52. The fourth-order valence-corrected chi connectivity index (χ4v) is 2.12. The Bertz CT molecular complexity index is 869. The topological polar surface area (TPSA) is 49.8 Å². The number of nitrogens with one attached hydrogen (secondary N) is 2. The Hall–Kier alpha value is -2.80. The number of benzene rings is 2. The Morgan fingerprint density at radius 3 is 2.33 bits per heavy atom. The highest BCUT2D eigenvalue weighted by Crippen LogP contribution is 2.24. The lowest BCUT2D eigenvalue weighted by Gasteiger charge is -2.10. The van der Waals surface area contributed by atoms with Gasteiger partial charge in [-0.2, -0.15) is 4.98 Å². The van der Waals surface area contributed by atoms with E-state index in [0.717, 1.165) is 12.1 Å². The largest absolute Gasteiger partial charge is 0.335 e. The third-order valence-corrected chi connectivity index (χ3v) is 3.34. The van der Waals surface area contributed by atoms with Gasteiger partial charge in [0.15, 0.2) is 0 Å². The molecule has 0 aliphatic heterocycles. The average Bonchev–Trinajstić information content (AvgIpc) is 2.55. The predicted molar refractivity (Wildman–Crippen MR) is 86.4 cm³/mol. The molecular formula is C16H10ClF3N4. The van der Waals surface area contributed by atoms with E-state index in [1.54, 1.807) is 0 Å². The van der Waals surface area contributed by atoms with E-state index in [0.29, 0.717) is 5.69 Å². The zero-order valence-corrected chi connectivity index (χ0v) is 12.8. The van der Waals surface area contributed by atoms with Crippen molar-refractivity contribution in [2.75, 3.05) is 10.6 Å². The van der Waals surface area contributed by atoms with Crippen molar-refractivity contribution in [2.24, 2.45) is 0 Å². The standard InChI is InChI=1S/C16H10ClF3N4/c17-10-8-9(4-5-11(10)18)22-16-21-7-6-14(24-16)23-15-12(19)2-1-3-13(15)20/h1-8H,(H2,21,22,23,24). The van der Waals surface area contributed by atoms with Gasteiger partial charge in [-0.15, -0.1) is 0 Å². The number of anilines is 4. The van der Waals surface area contributed by atoms with Gasteiger partial charge in [0.05, 0.1) is 5.02 Å². The Labute approximate surface area is 140 Å². The van der Waals surface area contributed by atoms with Crippen LogP contribution in [0.25, 0.3) is 0 Å². The van der Waals surface area contributed by atoms with Crippen molar-refractivity contribution in [3.63, 3.8) is 0 Å². The molecule has 0 fully saturated rings. The van der Waals surface area contributed by atoms with Crippen LogP contribution >= 0.6 is 11.6 Å². The first-order chi connectivity index (χ1) is 11.5. The summed E-state index contributed by atoms with van der Waals surface area (Å²) in [6.07, 6.45) is 1.40. The summed E-state index contributed by atoms with van der Waals surface area (Å²) < 4.78 is 40.5. The summed E-state index contributed by atoms with van der Waals surface area (Å²) in [4.78, 5) is 8.08. The summed E-state index contributed by atoms with van der Waals surface area (Å²) in [6, 6.07) is 9.01. The minimum absolute atomic E-state index is 0.0530. The molecule has 0 radical (unpaired) electrons. The van der Waals surface area contributed by atoms with Crippen LogP contribution in [-0.4, -0.2) is 9.97 Å². The Morgan fingerprint density at radius 2 is 1.62 bits per heavy atom. The average molecular weight is 351 g/mol. The van der Waals surface area contributed by atoms with E-state index in [1.807, 2.05) is 0 Å². The summed E-state index contributed by atoms with van der Waals surface area (Å²) in [6.45, 7) is 0. The summed E-state index contributed by atoms with van der Waals surface area (Å²) >= 11 is 5.70. The first kappa shape index (κ1) is 16.1. The summed E-state index contributed by atoms with van der Waals surface area (Å²) in [5, 5.41) is 5.33. The zero-order valence-electron chi connectivity index (χ0n) is 12.0. The van der Waals surface area contributed by atoms with Gasteiger partial charge in [-0.1, -0.05) is 17.7 Å². The van der Waals surface area contributed by atoms with Crippen LogP contribution in [0.5, 0.6) is 0 Å². The zero-order chi connectivity index (χ0) is 17.1. The maximum atomic E-state index is 13.7. The van der Waals surface area contributed by atoms with Crippen molar-refractivity contribution in [1.29, 1.82) is 0 Å². The van der Waals surface area contributed by atoms with Gasteiger partial charge in [0, 0.05) is 11.9 Å². The molecule has 122 valence electrons. The summed E-state index contributed by atoms with van der Waals surface area (Å²) in [5.74, 6) is -1.69. The summed E-state index contributed by atoms with van der Waals surface area (Å²) in [7, 11) is 0. The van der Waals surface area contributed by atoms with Crippen LogP contribution < -0.4 is 10.6 Å². The monoisotopic (exact) mass is 350 g/mol. The van der Waals surface area contributed by atoms with E-state index in [1.165, 1.54) is 36.5 Å². The molecule has 0 aliphatic rings. The van der Waals surface area contributed by atoms with Crippen LogP contribution in [0.1, 0.15) is 0 Å². The molecule has 1 heterocycles. The van der Waals surface area contributed by atoms with Crippen LogP contribution in [0.15, 0.2) is 48.7 Å². The van der Waals surface area contributed by atoms with Crippen molar-refractivity contribution in [3.8, 4) is 0 Å². The van der Waals surface area contributed by atoms with Gasteiger partial charge in [0.1, 0.15) is 29.0 Å². The normalized spacial score (nSPS) is 10.5. The molecule has 0 atom stereocenters. The fraction of sp³-hybridized carbons (Fsp3) is 0. The lowest BCUT2D eigenvalue weighted by Crippen LogP contribution is -2.02. The quantitative estimate of drug-likeness (QED) is 0.692. The van der Waals surface area contributed by atoms with E-state index in [2.05, 4.69) is 20.6 Å². The van der Waals surface area contributed by atoms with E-state index >= 15 is 0 Å². The molecule has 0 unspecified atom stereocenters. The van der Waals surface area contributed by atoms with E-state index in [-0.39, 0.29) is 22.5 Å². The van der Waals surface area contributed by atoms with Gasteiger partial charge in [-0.05, 0) is 36.4 Å². The first-order valence-electron chi connectivity index (χ1n) is 6.79. The third kappa shape index (κ3) is 3.57. The molecule has 0 aliphatic carbocycles. The van der Waals surface area contributed by atoms with E-state index < -0.39 is 17.5 Å². The van der Waals surface area contributed by atoms with E-state index in [4.69, 9.17) is 11.6 Å². The number of hydrogen-bond acceptors (Lipinski definition) is 4. The van der Waals surface area contributed by atoms with Gasteiger partial charge in [-0.3, -0.25) is 0 Å². The maximum Gasteiger partial charge on any atom is 0.229 e. The minimum atomic E-state index is -0.742. The molecule has 2 aromatic carbocycles. The van der Waals surface area contributed by atoms with Crippen LogP contribution in [0.2, 0.25) is 5.02 Å². The van der Waals surface area contributed by atoms with Crippen LogP contribution in [-0.2, 0) is 0 Å². The third-order valence-electron chi connectivity index (χ3n) is 3.05. The van der Waals surface area contributed by atoms with Crippen molar-refractivity contribution in [1.82, 2.24) is 9.97 Å². The first-order valence-corrected chi connectivity index (χ1v) is 7.17. The molecule has 8 heteroatoms. The van der Waals surface area contributed by atoms with Gasteiger partial charge in [0.25, 0.3) is 0 Å². The number of nitrogens with zero attached hydrogens (tertiary/aromatic N) is 2. The number of rotatable bonds is 4. The second kappa shape index (κ2) is 6.76. The predicted octanol–water partition coefficient (Wildman–Crippen LogP) is 5.03. The lowest BCUT2D eigenvalue weighted by molar-refractivity contribution is 0.590. The van der Waals surface area contributed by atoms with Gasteiger partial charge in [-0.25, -0.2) is 18.2 Å². The van der Waals surface area contributed by atoms with Crippen molar-refractivity contribution < 1.29 is 13.2 Å². The molecule has 0 saturated heterocycles. The molecular weight excluding hydrogens is 341 g/mol. The SMILES string of the molecule is Fc1ccc(Nc2nccc(Nc3c(F)cccc3F)n2)cc1Cl. The molecule has 0 bridgehead atoms. The Morgan fingerprint density at radius 1 is 0.875 bits per heavy atom. The van der Waals surface area contributed by atoms with Gasteiger partial charge < -0.3 is 10.6 Å². The molecule has 0 spiro atoms. The smallest absolute Gasteiger partial charge is 0.229 e. The fourth-order valence-electron chi connectivity index (χ4n) is 1.94. The molecule has 0 saturated carbocycles. The second-order valence-electron chi connectivity index (χ2n) is 4.74. The molecule has 3 aromatic rings. The summed E-state index contributed by atoms with van der Waals surface area (Å²) in [5.41, 5.74) is 0.155. The molecule has 0 amide bonds. The maximum absolute atomic E-state index is 13.7. The van der Waals surface area contributed by atoms with Gasteiger partial charge in [0.2, 0.25) is 5.95 Å². The Balaban J connectivity index is 1.82. The number of para-hydroxylation sites is 1. The minimum Gasteiger partial charge on any atom is -0.335 e. The van der Waals surface area contributed by atoms with Crippen molar-refractivity contribution in [2.45, 2.75) is 0 Å². The molecule has 24 heavy (non-hydrogen) atoms. The molecule has 3 rings (SSSR count). The number of aromatic nitrogens is 2. The highest BCUT2D eigenvalue weighted by atomic mass is 35.5.